The Morgan fingerprint density at radius 2 is 1.52 bits per heavy atom. The van der Waals surface area contributed by atoms with Crippen molar-refractivity contribution in [2.45, 2.75) is 43.3 Å². The fraction of sp³-hybridized carbons (Fsp3) is 0.277. The van der Waals surface area contributed by atoms with Crippen LogP contribution in [0, 0.1) is 5.92 Å². The number of nitrogens with zero attached hydrogens (tertiary/aromatic N) is 5. The summed E-state index contributed by atoms with van der Waals surface area (Å²) in [6, 6.07) is 28.1. The molecule has 2 aliphatic carbocycles. The first-order valence-electron chi connectivity index (χ1n) is 20.1. The van der Waals surface area contributed by atoms with E-state index >= 15 is 9.59 Å². The van der Waals surface area contributed by atoms with E-state index in [4.69, 9.17) is 14.2 Å². The number of aliphatic hydroxyl groups is 1. The van der Waals surface area contributed by atoms with Gasteiger partial charge >= 0.3 is 11.4 Å². The molecule has 4 unspecified atom stereocenters. The Hall–Kier alpha value is -7.06. The molecular weight excluding hydrogens is 779 g/mol. The Morgan fingerprint density at radius 3 is 2.25 bits per heavy atom. The molecule has 4 aromatic carbocycles. The number of allylic oxidation sites excluding steroid dienone is 4. The maximum absolute atomic E-state index is 15.3. The molecule has 1 aliphatic heterocycles. The highest BCUT2D eigenvalue weighted by atomic mass is 16.5. The van der Waals surface area contributed by atoms with Gasteiger partial charge in [0.15, 0.2) is 23.1 Å². The normalized spacial score (nSPS) is 20.6. The van der Waals surface area contributed by atoms with Crippen LogP contribution in [-0.2, 0) is 41.6 Å². The molecule has 310 valence electrons. The second-order valence-corrected chi connectivity index (χ2v) is 15.5. The lowest BCUT2D eigenvalue weighted by molar-refractivity contribution is -0.133. The van der Waals surface area contributed by atoms with Gasteiger partial charge in [-0.3, -0.25) is 14.4 Å². The van der Waals surface area contributed by atoms with E-state index < -0.39 is 40.2 Å². The molecule has 3 heterocycles. The molecule has 1 fully saturated rings. The van der Waals surface area contributed by atoms with E-state index in [2.05, 4.69) is 4.98 Å². The molecule has 0 amide bonds. The SMILES string of the molecule is COc1cc2nc(CCn3c(=O)n4n(c3=O)C3CC5C(=O)C(c6ccccc6)=CC(=O)C5(c5ccccc5)C(c5ccccc5OCCO)C3=CC4)c(=O)n(C)c2cc1OC. The van der Waals surface area contributed by atoms with Gasteiger partial charge in [0.1, 0.15) is 18.1 Å². The van der Waals surface area contributed by atoms with E-state index in [1.165, 1.54) is 34.2 Å². The zero-order valence-corrected chi connectivity index (χ0v) is 33.8. The van der Waals surface area contributed by atoms with E-state index in [0.29, 0.717) is 50.5 Å². The van der Waals surface area contributed by atoms with Crippen LogP contribution in [-0.4, -0.2) is 67.6 Å². The van der Waals surface area contributed by atoms with Crippen molar-refractivity contribution in [3.63, 3.8) is 0 Å². The molecule has 2 aromatic heterocycles. The van der Waals surface area contributed by atoms with Gasteiger partial charge in [-0.2, -0.15) is 0 Å². The Kier molecular flexibility index (Phi) is 10.0. The zero-order chi connectivity index (χ0) is 42.6. The minimum absolute atomic E-state index is 0.00344. The highest BCUT2D eigenvalue weighted by Crippen LogP contribution is 2.62. The monoisotopic (exact) mass is 821 g/mol. The van der Waals surface area contributed by atoms with Crippen molar-refractivity contribution >= 4 is 28.2 Å². The van der Waals surface area contributed by atoms with Gasteiger partial charge in [-0.05, 0) is 35.3 Å². The largest absolute Gasteiger partial charge is 0.493 e. The van der Waals surface area contributed by atoms with Crippen LogP contribution in [0.1, 0.15) is 40.8 Å². The fourth-order valence-electron chi connectivity index (χ4n) is 9.82. The number of aliphatic hydroxyl groups excluding tert-OH is 1. The average Bonchev–Trinajstić information content (AvgIpc) is 3.54. The Morgan fingerprint density at radius 1 is 0.836 bits per heavy atom. The molecule has 3 aliphatic rings. The second kappa shape index (κ2) is 15.5. The van der Waals surface area contributed by atoms with Gasteiger partial charge in [-0.25, -0.2) is 28.5 Å². The van der Waals surface area contributed by atoms with E-state index in [-0.39, 0.29) is 62.0 Å². The van der Waals surface area contributed by atoms with Gasteiger partial charge in [0.2, 0.25) is 0 Å². The molecule has 6 aromatic rings. The highest BCUT2D eigenvalue weighted by Gasteiger charge is 2.63. The lowest BCUT2D eigenvalue weighted by Gasteiger charge is -2.54. The molecular formula is C47H43N5O9. The third-order valence-corrected chi connectivity index (χ3v) is 12.5. The number of methoxy groups -OCH3 is 2. The van der Waals surface area contributed by atoms with Crippen molar-refractivity contribution in [2.75, 3.05) is 27.4 Å². The number of fused-ring (bicyclic) bond motifs is 5. The van der Waals surface area contributed by atoms with Crippen LogP contribution >= 0.6 is 0 Å². The first-order valence-corrected chi connectivity index (χ1v) is 20.1. The van der Waals surface area contributed by atoms with Crippen LogP contribution < -0.4 is 31.1 Å². The van der Waals surface area contributed by atoms with Crippen molar-refractivity contribution in [1.29, 1.82) is 0 Å². The number of benzene rings is 4. The number of hydrogen-bond donors (Lipinski definition) is 1. The smallest absolute Gasteiger partial charge is 0.347 e. The van der Waals surface area contributed by atoms with Crippen LogP contribution in [0.2, 0.25) is 0 Å². The number of para-hydroxylation sites is 1. The van der Waals surface area contributed by atoms with Gasteiger partial charge in [-0.1, -0.05) is 84.9 Å². The van der Waals surface area contributed by atoms with E-state index in [1.807, 2.05) is 66.7 Å². The summed E-state index contributed by atoms with van der Waals surface area (Å²) in [5.74, 6) is -1.06. The maximum Gasteiger partial charge on any atom is 0.347 e. The molecule has 1 saturated carbocycles. The minimum Gasteiger partial charge on any atom is -0.493 e. The van der Waals surface area contributed by atoms with Crippen molar-refractivity contribution in [1.82, 2.24) is 23.5 Å². The number of Topliss-reactive ketones (excluding diaryl/α,β-unsaturated/α-hetero) is 1. The molecule has 9 rings (SSSR count). The molecule has 1 N–H and O–H groups in total. The van der Waals surface area contributed by atoms with Crippen LogP contribution in [0.5, 0.6) is 17.2 Å². The molecule has 14 heteroatoms. The van der Waals surface area contributed by atoms with Gasteiger partial charge < -0.3 is 23.9 Å². The predicted molar refractivity (Wildman–Crippen MR) is 226 cm³/mol. The standard InChI is InChI=1S/C47H43N5O9/c1-49-37-27-40(60-3)39(59-2)26-35(37)48-34(44(49)56)19-20-50-45(57)51-21-18-30-36(52(51)46(50)58)25-33-43(55)32(28-12-6-4-7-13-28)24-41(54)47(33,29-14-8-5-9-15-29)42(30)31-16-10-11-17-38(31)61-23-22-53/h4-18,24,26-27,33,36,42,53H,19-23,25H2,1-3H3. The zero-order valence-electron chi connectivity index (χ0n) is 33.8. The van der Waals surface area contributed by atoms with Crippen LogP contribution in [0.3, 0.4) is 0 Å². The Labute approximate surface area is 349 Å². The third-order valence-electron chi connectivity index (χ3n) is 12.5. The van der Waals surface area contributed by atoms with Gasteiger partial charge in [0.25, 0.3) is 5.56 Å². The minimum atomic E-state index is -1.47. The number of carbonyl (C=O) groups is 2. The van der Waals surface area contributed by atoms with E-state index in [9.17, 15) is 19.5 Å². The lowest BCUT2D eigenvalue weighted by Crippen LogP contribution is -2.58. The predicted octanol–water partition coefficient (Wildman–Crippen LogP) is 4.15. The third kappa shape index (κ3) is 6.11. The fourth-order valence-corrected chi connectivity index (χ4v) is 9.82. The second-order valence-electron chi connectivity index (χ2n) is 15.5. The molecule has 4 atom stereocenters. The summed E-state index contributed by atoms with van der Waals surface area (Å²) in [7, 11) is 4.62. The first-order chi connectivity index (χ1) is 29.6. The summed E-state index contributed by atoms with van der Waals surface area (Å²) < 4.78 is 22.3. The Bertz CT molecular complexity index is 2980. The topological polar surface area (TPSA) is 166 Å². The summed E-state index contributed by atoms with van der Waals surface area (Å²) in [4.78, 5) is 77.8. The first kappa shape index (κ1) is 39.4. The van der Waals surface area contributed by atoms with Crippen molar-refractivity contribution in [3.8, 4) is 17.2 Å². The van der Waals surface area contributed by atoms with Crippen LogP contribution in [0.4, 0.5) is 0 Å². The summed E-state index contributed by atoms with van der Waals surface area (Å²) in [5.41, 5.74) is 0.882. The number of carbonyl (C=O) groups excluding carboxylic acids is 2. The molecule has 14 nitrogen and oxygen atoms in total. The van der Waals surface area contributed by atoms with Crippen LogP contribution in [0.25, 0.3) is 16.6 Å². The summed E-state index contributed by atoms with van der Waals surface area (Å²) in [5, 5.41) is 9.80. The van der Waals surface area contributed by atoms with Crippen molar-refractivity contribution < 1.29 is 28.9 Å². The number of hydrogen-bond acceptors (Lipinski definition) is 10. The van der Waals surface area contributed by atoms with Gasteiger partial charge in [0.05, 0.1) is 49.9 Å². The maximum atomic E-state index is 15.3. The highest BCUT2D eigenvalue weighted by molar-refractivity contribution is 6.31. The molecule has 0 saturated heterocycles. The van der Waals surface area contributed by atoms with Crippen molar-refractivity contribution in [2.24, 2.45) is 13.0 Å². The van der Waals surface area contributed by atoms with Crippen LogP contribution in [0.15, 0.2) is 129 Å². The molecule has 0 bridgehead atoms. The molecule has 0 spiro atoms. The molecule has 61 heavy (non-hydrogen) atoms. The Balaban J connectivity index is 1.20. The number of ether oxygens (including phenoxy) is 3. The van der Waals surface area contributed by atoms with Crippen molar-refractivity contribution in [3.05, 3.63) is 168 Å². The number of rotatable bonds is 11. The average molecular weight is 822 g/mol. The quantitative estimate of drug-likeness (QED) is 0.188. The summed E-state index contributed by atoms with van der Waals surface area (Å²) >= 11 is 0. The van der Waals surface area contributed by atoms with E-state index in [1.54, 1.807) is 43.4 Å². The summed E-state index contributed by atoms with van der Waals surface area (Å²) in [6.07, 6.45) is 3.36. The number of ketones is 2. The summed E-state index contributed by atoms with van der Waals surface area (Å²) in [6.45, 7) is -0.415. The number of aryl methyl sites for hydroxylation is 2. The number of aromatic nitrogens is 5. The lowest BCUT2D eigenvalue weighted by atomic mass is 9.47. The van der Waals surface area contributed by atoms with Gasteiger partial charge in [0, 0.05) is 55.1 Å². The molecule has 0 radical (unpaired) electrons. The van der Waals surface area contributed by atoms with Gasteiger partial charge in [-0.15, -0.1) is 0 Å². The van der Waals surface area contributed by atoms with E-state index in [0.717, 1.165) is 4.57 Å².